The molecule has 130 valence electrons. The minimum Gasteiger partial charge on any atom is -0.493 e. The van der Waals surface area contributed by atoms with Gasteiger partial charge in [0.25, 0.3) is 0 Å². The molecule has 0 aliphatic carbocycles. The maximum absolute atomic E-state index is 13.7. The summed E-state index contributed by atoms with van der Waals surface area (Å²) >= 11 is 3.49. The van der Waals surface area contributed by atoms with E-state index in [2.05, 4.69) is 21.2 Å². The number of halogens is 2. The molecule has 4 nitrogen and oxygen atoms in total. The van der Waals surface area contributed by atoms with Crippen molar-refractivity contribution in [1.82, 2.24) is 5.32 Å². The van der Waals surface area contributed by atoms with Gasteiger partial charge < -0.3 is 19.9 Å². The highest BCUT2D eigenvalue weighted by molar-refractivity contribution is 9.10. The van der Waals surface area contributed by atoms with Gasteiger partial charge in [-0.3, -0.25) is 0 Å². The van der Waals surface area contributed by atoms with E-state index >= 15 is 0 Å². The number of benzene rings is 2. The number of aliphatic hydroxyl groups excluding tert-OH is 1. The van der Waals surface area contributed by atoms with Gasteiger partial charge in [-0.2, -0.15) is 0 Å². The Kier molecular flexibility index (Phi) is 7.49. The predicted octanol–water partition coefficient (Wildman–Crippen LogP) is 3.65. The fourth-order valence-corrected chi connectivity index (χ4v) is 2.82. The van der Waals surface area contributed by atoms with E-state index in [1.165, 1.54) is 6.07 Å². The molecule has 0 heterocycles. The zero-order valence-electron chi connectivity index (χ0n) is 13.5. The molecule has 2 aromatic carbocycles. The fourth-order valence-electron chi connectivity index (χ4n) is 2.22. The second-order valence-electron chi connectivity index (χ2n) is 5.24. The van der Waals surface area contributed by atoms with Gasteiger partial charge in [0, 0.05) is 18.7 Å². The van der Waals surface area contributed by atoms with E-state index in [0.717, 1.165) is 16.6 Å². The van der Waals surface area contributed by atoms with Gasteiger partial charge in [-0.25, -0.2) is 4.39 Å². The van der Waals surface area contributed by atoms with Crippen LogP contribution in [0, 0.1) is 5.82 Å². The third kappa shape index (κ3) is 5.19. The van der Waals surface area contributed by atoms with Crippen LogP contribution in [0.4, 0.5) is 4.39 Å². The minimum atomic E-state index is -0.294. The Labute approximate surface area is 149 Å². The predicted molar refractivity (Wildman–Crippen MR) is 94.8 cm³/mol. The number of nitrogens with one attached hydrogen (secondary N) is 1. The smallest absolute Gasteiger partial charge is 0.175 e. The average Bonchev–Trinajstić information content (AvgIpc) is 2.58. The second-order valence-corrected chi connectivity index (χ2v) is 6.10. The molecule has 0 unspecified atom stereocenters. The van der Waals surface area contributed by atoms with Crippen LogP contribution in [0.1, 0.15) is 17.5 Å². The second kappa shape index (κ2) is 9.61. The van der Waals surface area contributed by atoms with E-state index in [1.807, 2.05) is 12.1 Å². The van der Waals surface area contributed by atoms with E-state index in [1.54, 1.807) is 25.3 Å². The Morgan fingerprint density at radius 3 is 2.75 bits per heavy atom. The van der Waals surface area contributed by atoms with Gasteiger partial charge in [-0.1, -0.05) is 18.2 Å². The molecule has 2 N–H and O–H groups in total. The van der Waals surface area contributed by atoms with E-state index < -0.39 is 0 Å². The van der Waals surface area contributed by atoms with Gasteiger partial charge in [0.1, 0.15) is 12.4 Å². The first-order valence-electron chi connectivity index (χ1n) is 7.70. The molecule has 24 heavy (non-hydrogen) atoms. The van der Waals surface area contributed by atoms with Crippen molar-refractivity contribution in [2.24, 2.45) is 0 Å². The van der Waals surface area contributed by atoms with Gasteiger partial charge in [-0.05, 0) is 52.7 Å². The van der Waals surface area contributed by atoms with Crippen LogP contribution < -0.4 is 14.8 Å². The number of methoxy groups -OCH3 is 1. The molecular weight excluding hydrogens is 377 g/mol. The Balaban J connectivity index is 2.08. The van der Waals surface area contributed by atoms with Crippen molar-refractivity contribution >= 4 is 15.9 Å². The zero-order chi connectivity index (χ0) is 17.4. The van der Waals surface area contributed by atoms with Crippen molar-refractivity contribution in [3.63, 3.8) is 0 Å². The van der Waals surface area contributed by atoms with E-state index in [9.17, 15) is 4.39 Å². The fraction of sp³-hybridized carbons (Fsp3) is 0.333. The molecule has 0 amide bonds. The van der Waals surface area contributed by atoms with Crippen molar-refractivity contribution in [2.45, 2.75) is 19.6 Å². The monoisotopic (exact) mass is 397 g/mol. The minimum absolute atomic E-state index is 0.121. The SMILES string of the molecule is COc1cc(CNCCCO)cc(Br)c1OCc1ccccc1F. The molecule has 2 rings (SSSR count). The summed E-state index contributed by atoms with van der Waals surface area (Å²) in [6, 6.07) is 10.3. The van der Waals surface area contributed by atoms with Crippen LogP contribution in [-0.2, 0) is 13.2 Å². The number of hydrogen-bond acceptors (Lipinski definition) is 4. The average molecular weight is 398 g/mol. The number of hydrogen-bond donors (Lipinski definition) is 2. The zero-order valence-corrected chi connectivity index (χ0v) is 15.1. The number of ether oxygens (including phenoxy) is 2. The third-order valence-corrected chi connectivity index (χ3v) is 4.05. The Bertz CT molecular complexity index is 667. The van der Waals surface area contributed by atoms with E-state index in [-0.39, 0.29) is 19.0 Å². The molecule has 0 fully saturated rings. The Morgan fingerprint density at radius 2 is 2.04 bits per heavy atom. The molecular formula is C18H21BrFNO3. The van der Waals surface area contributed by atoms with Crippen molar-refractivity contribution < 1.29 is 19.0 Å². The summed E-state index contributed by atoms with van der Waals surface area (Å²) < 4.78 is 25.6. The summed E-state index contributed by atoms with van der Waals surface area (Å²) in [7, 11) is 1.57. The number of rotatable bonds is 9. The lowest BCUT2D eigenvalue weighted by atomic mass is 10.2. The summed E-state index contributed by atoms with van der Waals surface area (Å²) in [5.41, 5.74) is 1.51. The summed E-state index contributed by atoms with van der Waals surface area (Å²) in [6.07, 6.45) is 0.710. The number of aliphatic hydroxyl groups is 1. The van der Waals surface area contributed by atoms with Crippen LogP contribution in [0.25, 0.3) is 0 Å². The van der Waals surface area contributed by atoms with E-state index in [4.69, 9.17) is 14.6 Å². The lowest BCUT2D eigenvalue weighted by Gasteiger charge is -2.15. The lowest BCUT2D eigenvalue weighted by Crippen LogP contribution is -2.15. The van der Waals surface area contributed by atoms with Gasteiger partial charge >= 0.3 is 0 Å². The van der Waals surface area contributed by atoms with Crippen molar-refractivity contribution in [2.75, 3.05) is 20.3 Å². The maximum Gasteiger partial charge on any atom is 0.175 e. The molecule has 0 radical (unpaired) electrons. The molecule has 0 aliphatic heterocycles. The highest BCUT2D eigenvalue weighted by Crippen LogP contribution is 2.37. The molecule has 0 aromatic heterocycles. The first-order valence-corrected chi connectivity index (χ1v) is 8.49. The van der Waals surface area contributed by atoms with Crippen molar-refractivity contribution in [3.05, 3.63) is 57.8 Å². The molecule has 0 saturated heterocycles. The lowest BCUT2D eigenvalue weighted by molar-refractivity contribution is 0.277. The molecule has 0 aliphatic rings. The van der Waals surface area contributed by atoms with Gasteiger partial charge in [0.2, 0.25) is 0 Å². The summed E-state index contributed by atoms with van der Waals surface area (Å²) in [4.78, 5) is 0. The summed E-state index contributed by atoms with van der Waals surface area (Å²) in [6.45, 7) is 1.68. The van der Waals surface area contributed by atoms with Gasteiger partial charge in [0.05, 0.1) is 11.6 Å². The normalized spacial score (nSPS) is 10.7. The molecule has 0 atom stereocenters. The first-order chi connectivity index (χ1) is 11.7. The van der Waals surface area contributed by atoms with Gasteiger partial charge in [0.15, 0.2) is 11.5 Å². The molecule has 6 heteroatoms. The largest absolute Gasteiger partial charge is 0.493 e. The third-order valence-electron chi connectivity index (χ3n) is 3.46. The van der Waals surface area contributed by atoms with Crippen LogP contribution in [0.5, 0.6) is 11.5 Å². The van der Waals surface area contributed by atoms with Crippen LogP contribution in [0.15, 0.2) is 40.9 Å². The van der Waals surface area contributed by atoms with Crippen LogP contribution in [-0.4, -0.2) is 25.4 Å². The maximum atomic E-state index is 13.7. The summed E-state index contributed by atoms with van der Waals surface area (Å²) in [5, 5.41) is 12.0. The topological polar surface area (TPSA) is 50.7 Å². The van der Waals surface area contributed by atoms with Crippen molar-refractivity contribution in [1.29, 1.82) is 0 Å². The van der Waals surface area contributed by atoms with E-state index in [0.29, 0.717) is 30.0 Å². The molecule has 0 bridgehead atoms. The molecule has 0 saturated carbocycles. The molecule has 0 spiro atoms. The Morgan fingerprint density at radius 1 is 1.25 bits per heavy atom. The highest BCUT2D eigenvalue weighted by atomic mass is 79.9. The quantitative estimate of drug-likeness (QED) is 0.634. The van der Waals surface area contributed by atoms with Crippen LogP contribution in [0.3, 0.4) is 0 Å². The van der Waals surface area contributed by atoms with Crippen LogP contribution in [0.2, 0.25) is 0 Å². The standard InChI is InChI=1S/C18H21BrFNO3/c1-23-17-10-13(11-21-7-4-8-22)9-15(19)18(17)24-12-14-5-2-3-6-16(14)20/h2-3,5-6,9-10,21-22H,4,7-8,11-12H2,1H3. The molecule has 2 aromatic rings. The van der Waals surface area contributed by atoms with Crippen molar-refractivity contribution in [3.8, 4) is 11.5 Å². The van der Waals surface area contributed by atoms with Crippen LogP contribution >= 0.6 is 15.9 Å². The highest BCUT2D eigenvalue weighted by Gasteiger charge is 2.13. The first kappa shape index (κ1) is 18.7. The van der Waals surface area contributed by atoms with Gasteiger partial charge in [-0.15, -0.1) is 0 Å². The summed E-state index contributed by atoms with van der Waals surface area (Å²) in [5.74, 6) is 0.830. The Hall–Kier alpha value is -1.63.